The number of ketones is 2. The number of carbonyl (C=O) groups excluding carboxylic acids is 2. The second kappa shape index (κ2) is 5.91. The van der Waals surface area contributed by atoms with E-state index in [1.807, 2.05) is 6.92 Å². The molecule has 0 amide bonds. The molecule has 4 nitrogen and oxygen atoms in total. The van der Waals surface area contributed by atoms with Crippen molar-refractivity contribution in [3.8, 4) is 0 Å². The molecule has 1 rings (SSSR count). The van der Waals surface area contributed by atoms with Gasteiger partial charge in [0.1, 0.15) is 11.5 Å². The fourth-order valence-corrected chi connectivity index (χ4v) is 2.82. The molecule has 0 aromatic heterocycles. The molecule has 0 bridgehead atoms. The summed E-state index contributed by atoms with van der Waals surface area (Å²) in [4.78, 5) is 22.5. The van der Waals surface area contributed by atoms with Gasteiger partial charge in [-0.3, -0.25) is 9.59 Å². The largest absolute Gasteiger partial charge is 0.299 e. The van der Waals surface area contributed by atoms with Crippen molar-refractivity contribution in [2.75, 3.05) is 5.75 Å². The zero-order valence-electron chi connectivity index (χ0n) is 10.5. The van der Waals surface area contributed by atoms with Crippen LogP contribution in [0, 0.1) is 0 Å². The molecule has 0 atom stereocenters. The van der Waals surface area contributed by atoms with Crippen LogP contribution in [0.5, 0.6) is 0 Å². The van der Waals surface area contributed by atoms with Gasteiger partial charge in [-0.25, -0.2) is 8.42 Å². The first-order valence-electron chi connectivity index (χ1n) is 5.72. The zero-order chi connectivity index (χ0) is 13.8. The minimum absolute atomic E-state index is 0.00647. The molecule has 5 heteroatoms. The highest BCUT2D eigenvalue weighted by molar-refractivity contribution is 7.92. The highest BCUT2D eigenvalue weighted by Gasteiger charge is 2.17. The summed E-state index contributed by atoms with van der Waals surface area (Å²) in [6, 6.07) is 5.73. The monoisotopic (exact) mass is 268 g/mol. The second-order valence-corrected chi connectivity index (χ2v) is 6.15. The molecule has 0 aliphatic heterocycles. The van der Waals surface area contributed by atoms with Gasteiger partial charge in [-0.05, 0) is 25.5 Å². The van der Waals surface area contributed by atoms with Crippen molar-refractivity contribution in [1.29, 1.82) is 0 Å². The summed E-state index contributed by atoms with van der Waals surface area (Å²) in [6.07, 6.45) is 1.20. The first kappa shape index (κ1) is 14.6. The molecule has 98 valence electrons. The molecule has 18 heavy (non-hydrogen) atoms. The van der Waals surface area contributed by atoms with Gasteiger partial charge in [0.15, 0.2) is 15.6 Å². The van der Waals surface area contributed by atoms with Crippen molar-refractivity contribution in [1.82, 2.24) is 0 Å². The summed E-state index contributed by atoms with van der Waals surface area (Å²) in [7, 11) is -3.58. The standard InChI is InChI=1S/C13H16O4S/c1-3-4-13(15)11-5-7-12(8-6-11)18(16,17)9-10(2)14/h5-8H,3-4,9H2,1-2H3. The predicted octanol–water partition coefficient (Wildman–Crippen LogP) is 2.03. The molecule has 0 fully saturated rings. The maximum absolute atomic E-state index is 11.7. The Kier molecular flexibility index (Phi) is 4.78. The van der Waals surface area contributed by atoms with Crippen molar-refractivity contribution in [2.24, 2.45) is 0 Å². The Morgan fingerprint density at radius 3 is 2.11 bits per heavy atom. The number of sulfone groups is 1. The lowest BCUT2D eigenvalue weighted by molar-refractivity contribution is -0.114. The van der Waals surface area contributed by atoms with Gasteiger partial charge in [0.25, 0.3) is 0 Å². The Bertz CT molecular complexity index is 541. The van der Waals surface area contributed by atoms with E-state index in [4.69, 9.17) is 0 Å². The number of carbonyl (C=O) groups is 2. The van der Waals surface area contributed by atoms with Crippen LogP contribution in [0.15, 0.2) is 29.2 Å². The van der Waals surface area contributed by atoms with Gasteiger partial charge in [0, 0.05) is 12.0 Å². The van der Waals surface area contributed by atoms with Crippen LogP contribution in [0.4, 0.5) is 0 Å². The molecular formula is C13H16O4S. The zero-order valence-corrected chi connectivity index (χ0v) is 11.3. The highest BCUT2D eigenvalue weighted by atomic mass is 32.2. The number of rotatable bonds is 6. The maximum atomic E-state index is 11.7. The minimum atomic E-state index is -3.58. The van der Waals surface area contributed by atoms with Crippen molar-refractivity contribution in [3.63, 3.8) is 0 Å². The first-order chi connectivity index (χ1) is 8.36. The molecule has 0 unspecified atom stereocenters. The SMILES string of the molecule is CCCC(=O)c1ccc(S(=O)(=O)CC(C)=O)cc1. The lowest BCUT2D eigenvalue weighted by Crippen LogP contribution is -2.13. The van der Waals surface area contributed by atoms with Crippen LogP contribution >= 0.6 is 0 Å². The van der Waals surface area contributed by atoms with Gasteiger partial charge in [0.2, 0.25) is 0 Å². The third kappa shape index (κ3) is 3.77. The van der Waals surface area contributed by atoms with Gasteiger partial charge in [-0.1, -0.05) is 19.1 Å². The van der Waals surface area contributed by atoms with Crippen LogP contribution in [-0.2, 0) is 14.6 Å². The van der Waals surface area contributed by atoms with E-state index in [0.717, 1.165) is 6.42 Å². The van der Waals surface area contributed by atoms with Crippen LogP contribution in [-0.4, -0.2) is 25.7 Å². The molecule has 0 N–H and O–H groups in total. The van der Waals surface area contributed by atoms with Crippen molar-refractivity contribution < 1.29 is 18.0 Å². The van der Waals surface area contributed by atoms with Crippen LogP contribution in [0.3, 0.4) is 0 Å². The summed E-state index contributed by atoms with van der Waals surface area (Å²) in [5.74, 6) is -0.913. The fourth-order valence-electron chi connectivity index (χ4n) is 1.57. The van der Waals surface area contributed by atoms with Gasteiger partial charge in [0.05, 0.1) is 4.90 Å². The molecule has 0 radical (unpaired) electrons. The van der Waals surface area contributed by atoms with Crippen molar-refractivity contribution in [3.05, 3.63) is 29.8 Å². The lowest BCUT2D eigenvalue weighted by atomic mass is 10.1. The van der Waals surface area contributed by atoms with E-state index in [9.17, 15) is 18.0 Å². The molecule has 1 aromatic rings. The van der Waals surface area contributed by atoms with E-state index in [1.54, 1.807) is 0 Å². The molecule has 0 saturated heterocycles. The topological polar surface area (TPSA) is 68.3 Å². The van der Waals surface area contributed by atoms with E-state index in [-0.39, 0.29) is 10.7 Å². The van der Waals surface area contributed by atoms with Crippen LogP contribution in [0.2, 0.25) is 0 Å². The average Bonchev–Trinajstić information content (AvgIpc) is 2.28. The molecule has 0 aliphatic carbocycles. The number of hydrogen-bond acceptors (Lipinski definition) is 4. The maximum Gasteiger partial charge on any atom is 0.185 e. The van der Waals surface area contributed by atoms with Gasteiger partial charge in [-0.15, -0.1) is 0 Å². The Morgan fingerprint density at radius 2 is 1.67 bits per heavy atom. The molecule has 0 aliphatic rings. The average molecular weight is 268 g/mol. The van der Waals surface area contributed by atoms with Crippen molar-refractivity contribution >= 4 is 21.4 Å². The fraction of sp³-hybridized carbons (Fsp3) is 0.385. The smallest absolute Gasteiger partial charge is 0.185 e. The normalized spacial score (nSPS) is 11.2. The first-order valence-corrected chi connectivity index (χ1v) is 7.37. The molecular weight excluding hydrogens is 252 g/mol. The number of hydrogen-bond donors (Lipinski definition) is 0. The van der Waals surface area contributed by atoms with E-state index in [0.29, 0.717) is 12.0 Å². The Morgan fingerprint density at radius 1 is 1.11 bits per heavy atom. The summed E-state index contributed by atoms with van der Waals surface area (Å²) in [5, 5.41) is 0. The summed E-state index contributed by atoms with van der Waals surface area (Å²) in [5.41, 5.74) is 0.499. The molecule has 0 spiro atoms. The van der Waals surface area contributed by atoms with Crippen LogP contribution < -0.4 is 0 Å². The van der Waals surface area contributed by atoms with Crippen LogP contribution in [0.1, 0.15) is 37.0 Å². The van der Waals surface area contributed by atoms with Gasteiger partial charge in [-0.2, -0.15) is 0 Å². The third-order valence-electron chi connectivity index (χ3n) is 2.41. The summed E-state index contributed by atoms with van der Waals surface area (Å²) < 4.78 is 23.5. The molecule has 1 aromatic carbocycles. The van der Waals surface area contributed by atoms with Gasteiger partial charge >= 0.3 is 0 Å². The van der Waals surface area contributed by atoms with Gasteiger partial charge < -0.3 is 0 Å². The Hall–Kier alpha value is -1.49. The lowest BCUT2D eigenvalue weighted by Gasteiger charge is -2.04. The van der Waals surface area contributed by atoms with E-state index >= 15 is 0 Å². The Balaban J connectivity index is 2.96. The Labute approximate surface area is 107 Å². The minimum Gasteiger partial charge on any atom is -0.299 e. The quantitative estimate of drug-likeness (QED) is 0.740. The number of benzene rings is 1. The second-order valence-electron chi connectivity index (χ2n) is 4.16. The highest BCUT2D eigenvalue weighted by Crippen LogP contribution is 2.14. The number of Topliss-reactive ketones (excluding diaryl/α,β-unsaturated/α-hetero) is 2. The van der Waals surface area contributed by atoms with E-state index in [1.165, 1.54) is 31.2 Å². The summed E-state index contributed by atoms with van der Waals surface area (Å²) >= 11 is 0. The molecule has 0 heterocycles. The third-order valence-corrected chi connectivity index (χ3v) is 4.18. The van der Waals surface area contributed by atoms with Crippen LogP contribution in [0.25, 0.3) is 0 Å². The summed E-state index contributed by atoms with van der Waals surface area (Å²) in [6.45, 7) is 3.14. The predicted molar refractivity (Wildman–Crippen MR) is 68.4 cm³/mol. The van der Waals surface area contributed by atoms with E-state index in [2.05, 4.69) is 0 Å². The van der Waals surface area contributed by atoms with Crippen molar-refractivity contribution in [2.45, 2.75) is 31.6 Å². The molecule has 0 saturated carbocycles. The van der Waals surface area contributed by atoms with E-state index < -0.39 is 21.4 Å².